The van der Waals surface area contributed by atoms with Crippen molar-refractivity contribution >= 4 is 34.1 Å². The quantitative estimate of drug-likeness (QED) is 0.688. The Labute approximate surface area is 132 Å². The van der Waals surface area contributed by atoms with Crippen molar-refractivity contribution in [1.29, 1.82) is 0 Å². The lowest BCUT2D eigenvalue weighted by atomic mass is 10.4. The average molecular weight is 324 g/mol. The van der Waals surface area contributed by atoms with Crippen molar-refractivity contribution in [2.75, 3.05) is 0 Å². The Morgan fingerprint density at radius 2 is 2.14 bits per heavy atom. The summed E-state index contributed by atoms with van der Waals surface area (Å²) >= 11 is 8.03. The van der Waals surface area contributed by atoms with Gasteiger partial charge in [-0.15, -0.1) is 22.9 Å². The van der Waals surface area contributed by atoms with E-state index in [0.29, 0.717) is 6.54 Å². The van der Waals surface area contributed by atoms with Gasteiger partial charge in [0.05, 0.1) is 17.6 Å². The van der Waals surface area contributed by atoms with Crippen LogP contribution in [0.15, 0.2) is 6.20 Å². The zero-order chi connectivity index (χ0) is 15.1. The van der Waals surface area contributed by atoms with Gasteiger partial charge < -0.3 is 4.57 Å². The van der Waals surface area contributed by atoms with Crippen LogP contribution in [-0.4, -0.2) is 24.3 Å². The summed E-state index contributed by atoms with van der Waals surface area (Å²) in [6.45, 7) is 9.58. The van der Waals surface area contributed by atoms with Crippen LogP contribution in [0.25, 0.3) is 11.2 Å². The fourth-order valence-corrected chi connectivity index (χ4v) is 3.47. The van der Waals surface area contributed by atoms with Crippen molar-refractivity contribution in [3.63, 3.8) is 0 Å². The van der Waals surface area contributed by atoms with Gasteiger partial charge in [-0.05, 0) is 27.7 Å². The zero-order valence-electron chi connectivity index (χ0n) is 12.6. The highest BCUT2D eigenvalue weighted by Crippen LogP contribution is 2.28. The van der Waals surface area contributed by atoms with Gasteiger partial charge in [0.25, 0.3) is 0 Å². The first-order chi connectivity index (χ1) is 10.0. The van der Waals surface area contributed by atoms with Gasteiger partial charge in [-0.3, -0.25) is 0 Å². The Morgan fingerprint density at radius 3 is 2.71 bits per heavy atom. The summed E-state index contributed by atoms with van der Waals surface area (Å²) < 4.78 is 4.13. The number of halogens is 1. The van der Waals surface area contributed by atoms with Crippen molar-refractivity contribution in [3.05, 3.63) is 27.6 Å². The minimum absolute atomic E-state index is 0.150. The summed E-state index contributed by atoms with van der Waals surface area (Å²) in [6, 6.07) is 0. The molecule has 3 heterocycles. The van der Waals surface area contributed by atoms with Crippen LogP contribution in [0.4, 0.5) is 0 Å². The summed E-state index contributed by atoms with van der Waals surface area (Å²) in [5.41, 5.74) is 2.91. The molecule has 1 atom stereocenters. The predicted molar refractivity (Wildman–Crippen MR) is 86.2 cm³/mol. The largest absolute Gasteiger partial charge is 0.305 e. The number of rotatable bonds is 4. The smallest absolute Gasteiger partial charge is 0.159 e. The first-order valence-corrected chi connectivity index (χ1v) is 8.25. The Kier molecular flexibility index (Phi) is 3.75. The van der Waals surface area contributed by atoms with Gasteiger partial charge in [0.15, 0.2) is 5.65 Å². The maximum atomic E-state index is 6.33. The molecule has 0 aromatic carbocycles. The molecular weight excluding hydrogens is 306 g/mol. The Bertz CT molecular complexity index is 783. The zero-order valence-corrected chi connectivity index (χ0v) is 14.2. The second-order valence-electron chi connectivity index (χ2n) is 5.11. The molecule has 0 aliphatic heterocycles. The van der Waals surface area contributed by atoms with Gasteiger partial charge in [0, 0.05) is 17.6 Å². The number of alkyl halides is 1. The lowest BCUT2D eigenvalue weighted by molar-refractivity contribution is 0.632. The van der Waals surface area contributed by atoms with E-state index in [1.165, 1.54) is 4.88 Å². The van der Waals surface area contributed by atoms with Crippen LogP contribution >= 0.6 is 22.9 Å². The van der Waals surface area contributed by atoms with Crippen molar-refractivity contribution in [2.45, 2.75) is 46.2 Å². The van der Waals surface area contributed by atoms with Crippen molar-refractivity contribution in [2.24, 2.45) is 0 Å². The molecule has 0 amide bonds. The van der Waals surface area contributed by atoms with Crippen LogP contribution in [-0.2, 0) is 13.1 Å². The van der Waals surface area contributed by atoms with Crippen molar-refractivity contribution < 1.29 is 0 Å². The molecule has 0 spiro atoms. The first kappa shape index (κ1) is 14.5. The highest BCUT2D eigenvalue weighted by molar-refractivity contribution is 7.11. The summed E-state index contributed by atoms with van der Waals surface area (Å²) in [5.74, 6) is 0.877. The molecular formula is C14H18ClN5S. The molecule has 21 heavy (non-hydrogen) atoms. The predicted octanol–water partition coefficient (Wildman–Crippen LogP) is 3.67. The topological polar surface area (TPSA) is 48.5 Å². The monoisotopic (exact) mass is 323 g/mol. The molecule has 0 radical (unpaired) electrons. The van der Waals surface area contributed by atoms with Crippen LogP contribution in [0.5, 0.6) is 0 Å². The Hall–Kier alpha value is -1.40. The number of thiazole rings is 1. The van der Waals surface area contributed by atoms with Crippen molar-refractivity contribution in [1.82, 2.24) is 24.3 Å². The van der Waals surface area contributed by atoms with E-state index in [2.05, 4.69) is 28.5 Å². The molecule has 0 saturated heterocycles. The Balaban J connectivity index is 2.19. The third kappa shape index (κ3) is 2.46. The number of imidazole rings is 1. The van der Waals surface area contributed by atoms with Gasteiger partial charge in [0.2, 0.25) is 0 Å². The van der Waals surface area contributed by atoms with E-state index in [9.17, 15) is 0 Å². The number of hydrogen-bond acceptors (Lipinski definition) is 4. The minimum atomic E-state index is -0.150. The average Bonchev–Trinajstić information content (AvgIpc) is 3.08. The van der Waals surface area contributed by atoms with Gasteiger partial charge in [-0.2, -0.15) is 5.10 Å². The summed E-state index contributed by atoms with van der Waals surface area (Å²) in [6.07, 6.45) is 1.90. The van der Waals surface area contributed by atoms with Crippen LogP contribution in [0, 0.1) is 13.8 Å². The maximum absolute atomic E-state index is 6.33. The lowest BCUT2D eigenvalue weighted by Crippen LogP contribution is -2.10. The van der Waals surface area contributed by atoms with Crippen LogP contribution < -0.4 is 0 Å². The molecule has 3 aromatic rings. The highest BCUT2D eigenvalue weighted by atomic mass is 35.5. The lowest BCUT2D eigenvalue weighted by Gasteiger charge is -2.10. The van der Waals surface area contributed by atoms with Crippen LogP contribution in [0.3, 0.4) is 0 Å². The molecule has 0 N–H and O–H groups in total. The highest BCUT2D eigenvalue weighted by Gasteiger charge is 2.21. The van der Waals surface area contributed by atoms with E-state index in [-0.39, 0.29) is 5.38 Å². The number of aromatic nitrogens is 5. The minimum Gasteiger partial charge on any atom is -0.305 e. The van der Waals surface area contributed by atoms with Crippen LogP contribution in [0.1, 0.15) is 40.6 Å². The molecule has 1 unspecified atom stereocenters. The second kappa shape index (κ2) is 5.42. The number of aryl methyl sites for hydroxylation is 3. The standard InChI is InChI=1S/C14H18ClN5S/c1-5-20-14-12(10(4)18-20)17-13(9(3)15)19(14)7-11-16-6-8(2)21-11/h6,9H,5,7H2,1-4H3. The van der Waals surface area contributed by atoms with Gasteiger partial charge in [-0.25, -0.2) is 14.6 Å². The SMILES string of the molecule is CCn1nc(C)c2nc(C(C)Cl)n(Cc3ncc(C)s3)c21. The third-order valence-electron chi connectivity index (χ3n) is 3.45. The van der Waals surface area contributed by atoms with Gasteiger partial charge in [0.1, 0.15) is 16.3 Å². The van der Waals surface area contributed by atoms with Crippen LogP contribution in [0.2, 0.25) is 0 Å². The number of nitrogens with zero attached hydrogens (tertiary/aromatic N) is 5. The number of hydrogen-bond donors (Lipinski definition) is 0. The second-order valence-corrected chi connectivity index (χ2v) is 7.08. The fourth-order valence-electron chi connectivity index (χ4n) is 2.53. The van der Waals surface area contributed by atoms with E-state index in [1.807, 2.05) is 24.7 Å². The molecule has 3 rings (SSSR count). The molecule has 0 saturated carbocycles. The first-order valence-electron chi connectivity index (χ1n) is 7.00. The molecule has 112 valence electrons. The summed E-state index contributed by atoms with van der Waals surface area (Å²) in [4.78, 5) is 10.4. The molecule has 5 nitrogen and oxygen atoms in total. The third-order valence-corrected chi connectivity index (χ3v) is 4.54. The molecule has 0 aliphatic carbocycles. The van der Waals surface area contributed by atoms with E-state index in [4.69, 9.17) is 16.6 Å². The van der Waals surface area contributed by atoms with E-state index >= 15 is 0 Å². The molecule has 0 fully saturated rings. The fraction of sp³-hybridized carbons (Fsp3) is 0.500. The van der Waals surface area contributed by atoms with Gasteiger partial charge in [-0.1, -0.05) is 0 Å². The van der Waals surface area contributed by atoms with Crippen molar-refractivity contribution in [3.8, 4) is 0 Å². The maximum Gasteiger partial charge on any atom is 0.159 e. The molecule has 7 heteroatoms. The number of fused-ring (bicyclic) bond motifs is 1. The van der Waals surface area contributed by atoms with E-state index in [1.54, 1.807) is 11.3 Å². The summed E-state index contributed by atoms with van der Waals surface area (Å²) in [5, 5.41) is 5.46. The molecule has 0 aliphatic rings. The van der Waals surface area contributed by atoms with Gasteiger partial charge >= 0.3 is 0 Å². The normalized spacial score (nSPS) is 13.2. The van der Waals surface area contributed by atoms with E-state index in [0.717, 1.165) is 34.2 Å². The van der Waals surface area contributed by atoms with E-state index < -0.39 is 0 Å². The molecule has 0 bridgehead atoms. The summed E-state index contributed by atoms with van der Waals surface area (Å²) in [7, 11) is 0. The molecule has 3 aromatic heterocycles. The Morgan fingerprint density at radius 1 is 1.38 bits per heavy atom.